The number of aromatic nitrogens is 3. The number of anilines is 2. The zero-order chi connectivity index (χ0) is 24.1. The van der Waals surface area contributed by atoms with Crippen LogP contribution in [0.5, 0.6) is 5.88 Å². The van der Waals surface area contributed by atoms with Gasteiger partial charge in [-0.05, 0) is 75.3 Å². The van der Waals surface area contributed by atoms with Crippen LogP contribution >= 0.6 is 0 Å². The van der Waals surface area contributed by atoms with E-state index < -0.39 is 0 Å². The van der Waals surface area contributed by atoms with Crippen LogP contribution in [-0.2, 0) is 0 Å². The molecule has 2 bridgehead atoms. The summed E-state index contributed by atoms with van der Waals surface area (Å²) in [7, 11) is 0. The normalized spacial score (nSPS) is 21.5. The molecule has 1 aliphatic carbocycles. The van der Waals surface area contributed by atoms with Crippen LogP contribution in [0.3, 0.4) is 0 Å². The minimum Gasteiger partial charge on any atom is -0.477 e. The number of aryl methyl sites for hydroxylation is 2. The summed E-state index contributed by atoms with van der Waals surface area (Å²) in [5.41, 5.74) is 5.98. The number of hydrogen-bond acceptors (Lipinski definition) is 6. The molecule has 4 heterocycles. The van der Waals surface area contributed by atoms with Gasteiger partial charge < -0.3 is 15.0 Å². The van der Waals surface area contributed by atoms with Crippen molar-refractivity contribution in [2.24, 2.45) is 10.9 Å². The number of nitrogens with one attached hydrogen (secondary N) is 1. The van der Waals surface area contributed by atoms with Gasteiger partial charge in [0, 0.05) is 17.8 Å². The molecular formula is C27H30N6O2. The molecule has 2 aromatic heterocycles. The lowest BCUT2D eigenvalue weighted by molar-refractivity contribution is 0.100. The molecule has 1 saturated carbocycles. The highest BCUT2D eigenvalue weighted by molar-refractivity contribution is 6.19. The predicted molar refractivity (Wildman–Crippen MR) is 136 cm³/mol. The van der Waals surface area contributed by atoms with Crippen molar-refractivity contribution in [2.45, 2.75) is 52.5 Å². The summed E-state index contributed by atoms with van der Waals surface area (Å²) >= 11 is 0. The number of aliphatic imine (C=N–C) groups is 1. The molecule has 3 aliphatic rings. The molecule has 1 aromatic carbocycles. The SMILES string of the molecule is Cc1ccc2c(c1)N1C[C@H](C)CCCOc3c(cnn3C3CC3)-c3cc(cc(C)n3)C(=O)/N=C/1N2. The van der Waals surface area contributed by atoms with Crippen molar-refractivity contribution in [1.82, 2.24) is 14.8 Å². The minimum atomic E-state index is -0.298. The quantitative estimate of drug-likeness (QED) is 0.531. The Morgan fingerprint density at radius 2 is 1.97 bits per heavy atom. The first-order valence-electron chi connectivity index (χ1n) is 12.4. The molecule has 1 fully saturated rings. The van der Waals surface area contributed by atoms with E-state index in [0.29, 0.717) is 35.8 Å². The standard InChI is InChI=1S/C27H30N6O2/c1-16-6-9-22-24(11-16)32-15-17(2)5-4-10-35-26-21(14-28-33(26)20-7-8-20)23-13-19(12-18(3)29-23)25(34)31-27(32)30-22/h6,9,11-14,17,20H,4-5,7-8,10,15H2,1-3H3,(H,30,31,34)/t17-/m1/s1. The Balaban J connectivity index is 1.44. The average molecular weight is 471 g/mol. The molecule has 0 unspecified atom stereocenters. The van der Waals surface area contributed by atoms with Crippen molar-refractivity contribution in [3.05, 3.63) is 53.3 Å². The number of nitrogens with zero attached hydrogens (tertiary/aromatic N) is 5. The maximum absolute atomic E-state index is 13.4. The molecule has 0 radical (unpaired) electrons. The zero-order valence-corrected chi connectivity index (χ0v) is 20.4. The second kappa shape index (κ2) is 8.52. The number of guanidine groups is 1. The molecule has 0 spiro atoms. The van der Waals surface area contributed by atoms with Crippen LogP contribution in [0.25, 0.3) is 11.3 Å². The maximum atomic E-state index is 13.4. The number of fused-ring (bicyclic) bond motifs is 7. The van der Waals surface area contributed by atoms with Crippen LogP contribution in [-0.4, -0.2) is 39.8 Å². The Labute approximate surface area is 205 Å². The van der Waals surface area contributed by atoms with Crippen molar-refractivity contribution in [3.63, 3.8) is 0 Å². The Bertz CT molecular complexity index is 1340. The summed E-state index contributed by atoms with van der Waals surface area (Å²) in [6.07, 6.45) is 5.96. The fourth-order valence-corrected chi connectivity index (χ4v) is 4.89. The first kappa shape index (κ1) is 21.8. The van der Waals surface area contributed by atoms with Crippen LogP contribution in [0.2, 0.25) is 0 Å². The molecule has 3 aromatic rings. The highest BCUT2D eigenvalue weighted by atomic mass is 16.5. The number of benzene rings is 1. The second-order valence-electron chi connectivity index (χ2n) is 10.0. The predicted octanol–water partition coefficient (Wildman–Crippen LogP) is 5.13. The maximum Gasteiger partial charge on any atom is 0.280 e. The van der Waals surface area contributed by atoms with Gasteiger partial charge in [-0.15, -0.1) is 0 Å². The molecule has 0 saturated heterocycles. The summed E-state index contributed by atoms with van der Waals surface area (Å²) in [4.78, 5) is 24.8. The summed E-state index contributed by atoms with van der Waals surface area (Å²) in [6.45, 7) is 7.59. The number of carbonyl (C=O) groups excluding carboxylic acids is 1. The van der Waals surface area contributed by atoms with E-state index in [4.69, 9.17) is 9.72 Å². The number of hydrogen-bond donors (Lipinski definition) is 1. The van der Waals surface area contributed by atoms with Crippen LogP contribution in [0, 0.1) is 19.8 Å². The Morgan fingerprint density at radius 1 is 1.11 bits per heavy atom. The molecule has 8 heteroatoms. The fourth-order valence-electron chi connectivity index (χ4n) is 4.89. The van der Waals surface area contributed by atoms with Gasteiger partial charge in [0.2, 0.25) is 11.8 Å². The van der Waals surface area contributed by atoms with E-state index in [-0.39, 0.29) is 5.91 Å². The topological polar surface area (TPSA) is 84.6 Å². The van der Waals surface area contributed by atoms with Gasteiger partial charge in [0.25, 0.3) is 5.91 Å². The number of amides is 1. The summed E-state index contributed by atoms with van der Waals surface area (Å²) in [6, 6.07) is 10.3. The van der Waals surface area contributed by atoms with Crippen LogP contribution in [0.4, 0.5) is 11.4 Å². The van der Waals surface area contributed by atoms with Gasteiger partial charge in [-0.1, -0.05) is 13.0 Å². The van der Waals surface area contributed by atoms with E-state index in [9.17, 15) is 4.79 Å². The van der Waals surface area contributed by atoms with Crippen molar-refractivity contribution in [3.8, 4) is 17.1 Å². The third kappa shape index (κ3) is 4.17. The van der Waals surface area contributed by atoms with Crippen LogP contribution in [0.15, 0.2) is 41.5 Å². The first-order chi connectivity index (χ1) is 17.0. The highest BCUT2D eigenvalue weighted by Crippen LogP contribution is 2.41. The highest BCUT2D eigenvalue weighted by Gasteiger charge is 2.31. The molecule has 2 aliphatic heterocycles. The first-order valence-corrected chi connectivity index (χ1v) is 12.4. The molecule has 1 amide bonds. The van der Waals surface area contributed by atoms with Gasteiger partial charge in [-0.3, -0.25) is 9.78 Å². The number of ether oxygens (including phenoxy) is 1. The Morgan fingerprint density at radius 3 is 2.80 bits per heavy atom. The van der Waals surface area contributed by atoms with Gasteiger partial charge >= 0.3 is 0 Å². The number of rotatable bonds is 1. The molecule has 1 N–H and O–H groups in total. The molecular weight excluding hydrogens is 440 g/mol. The third-order valence-corrected chi connectivity index (χ3v) is 6.85. The molecule has 8 nitrogen and oxygen atoms in total. The third-order valence-electron chi connectivity index (χ3n) is 6.85. The molecule has 35 heavy (non-hydrogen) atoms. The smallest absolute Gasteiger partial charge is 0.280 e. The number of pyridine rings is 1. The van der Waals surface area contributed by atoms with Crippen LogP contribution in [0.1, 0.15) is 60.3 Å². The van der Waals surface area contributed by atoms with E-state index >= 15 is 0 Å². The van der Waals surface area contributed by atoms with Gasteiger partial charge in [0.05, 0.1) is 41.5 Å². The average Bonchev–Trinajstić information content (AvgIpc) is 3.51. The monoisotopic (exact) mass is 470 g/mol. The van der Waals surface area contributed by atoms with E-state index in [1.54, 1.807) is 12.1 Å². The molecule has 6 rings (SSSR count). The van der Waals surface area contributed by atoms with Crippen molar-refractivity contribution < 1.29 is 9.53 Å². The summed E-state index contributed by atoms with van der Waals surface area (Å²) in [5, 5.41) is 7.99. The second-order valence-corrected chi connectivity index (χ2v) is 10.0. The minimum absolute atomic E-state index is 0.298. The lowest BCUT2D eigenvalue weighted by Gasteiger charge is -2.23. The van der Waals surface area contributed by atoms with E-state index in [1.165, 1.54) is 5.56 Å². The van der Waals surface area contributed by atoms with Gasteiger partial charge in [0.15, 0.2) is 0 Å². The summed E-state index contributed by atoms with van der Waals surface area (Å²) in [5.74, 6) is 1.42. The van der Waals surface area contributed by atoms with Gasteiger partial charge in [0.1, 0.15) is 0 Å². The lowest BCUT2D eigenvalue weighted by atomic mass is 10.0. The Hall–Kier alpha value is -3.68. The largest absolute Gasteiger partial charge is 0.477 e. The van der Waals surface area contributed by atoms with Crippen molar-refractivity contribution in [2.75, 3.05) is 23.4 Å². The zero-order valence-electron chi connectivity index (χ0n) is 20.4. The van der Waals surface area contributed by atoms with Gasteiger partial charge in [-0.2, -0.15) is 10.1 Å². The van der Waals surface area contributed by atoms with Gasteiger partial charge in [-0.25, -0.2) is 4.68 Å². The van der Waals surface area contributed by atoms with E-state index in [0.717, 1.165) is 60.7 Å². The molecule has 180 valence electrons. The number of carbonyl (C=O) groups is 1. The summed E-state index contributed by atoms with van der Waals surface area (Å²) < 4.78 is 8.32. The van der Waals surface area contributed by atoms with E-state index in [1.807, 2.05) is 17.8 Å². The van der Waals surface area contributed by atoms with Crippen LogP contribution < -0.4 is 15.0 Å². The van der Waals surface area contributed by atoms with Crippen molar-refractivity contribution >= 4 is 23.2 Å². The lowest BCUT2D eigenvalue weighted by Crippen LogP contribution is -2.35. The van der Waals surface area contributed by atoms with E-state index in [2.05, 4.69) is 52.4 Å². The Kier molecular flexibility index (Phi) is 5.31. The molecule has 1 atom stereocenters. The van der Waals surface area contributed by atoms with Crippen molar-refractivity contribution in [1.29, 1.82) is 0 Å². The fraction of sp³-hybridized carbons (Fsp3) is 0.407.